The Labute approximate surface area is 92.9 Å². The molecule has 1 rings (SSSR count). The highest BCUT2D eigenvalue weighted by Crippen LogP contribution is 2.22. The number of hydrogen-bond acceptors (Lipinski definition) is 7. The lowest BCUT2D eigenvalue weighted by molar-refractivity contribution is -0.311. The molecule has 7 heteroatoms. The van der Waals surface area contributed by atoms with Gasteiger partial charge in [-0.3, -0.25) is 0 Å². The minimum absolute atomic E-state index is 0.269. The van der Waals surface area contributed by atoms with Crippen LogP contribution in [0.25, 0.3) is 0 Å². The summed E-state index contributed by atoms with van der Waals surface area (Å²) in [6, 6.07) is 0. The van der Waals surface area contributed by atoms with E-state index < -0.39 is 43.4 Å². The van der Waals surface area contributed by atoms with Crippen LogP contribution in [-0.2, 0) is 9.47 Å². The third-order valence-corrected chi connectivity index (χ3v) is 2.47. The van der Waals surface area contributed by atoms with Crippen LogP contribution < -0.4 is 0 Å². The zero-order chi connectivity index (χ0) is 12.3. The van der Waals surface area contributed by atoms with Crippen LogP contribution in [0.1, 0.15) is 6.92 Å². The molecule has 0 aromatic rings. The summed E-state index contributed by atoms with van der Waals surface area (Å²) in [5.41, 5.74) is 0. The summed E-state index contributed by atoms with van der Waals surface area (Å²) >= 11 is 0. The molecule has 5 N–H and O–H groups in total. The minimum Gasteiger partial charge on any atom is -0.394 e. The molecule has 2 unspecified atom stereocenters. The topological polar surface area (TPSA) is 120 Å². The van der Waals surface area contributed by atoms with E-state index in [1.54, 1.807) is 6.92 Å². The quantitative estimate of drug-likeness (QED) is 0.358. The largest absolute Gasteiger partial charge is 0.394 e. The first kappa shape index (κ1) is 13.8. The van der Waals surface area contributed by atoms with Gasteiger partial charge in [-0.1, -0.05) is 0 Å². The summed E-state index contributed by atoms with van der Waals surface area (Å²) < 4.78 is 10.2. The SMILES string of the molecule is C[C@H](CO)O[C@@H]1OC(CO)[C@H](O)[C@H](O)C1O. The van der Waals surface area contributed by atoms with Crippen molar-refractivity contribution in [3.8, 4) is 0 Å². The van der Waals surface area contributed by atoms with Gasteiger partial charge in [-0.2, -0.15) is 0 Å². The second-order valence-corrected chi connectivity index (χ2v) is 3.83. The summed E-state index contributed by atoms with van der Waals surface area (Å²) in [7, 11) is 0. The van der Waals surface area contributed by atoms with Gasteiger partial charge in [0.2, 0.25) is 0 Å². The van der Waals surface area contributed by atoms with E-state index in [0.29, 0.717) is 0 Å². The third kappa shape index (κ3) is 2.89. The normalized spacial score (nSPS) is 42.0. The fourth-order valence-electron chi connectivity index (χ4n) is 1.45. The van der Waals surface area contributed by atoms with Crippen LogP contribution in [0.2, 0.25) is 0 Å². The van der Waals surface area contributed by atoms with Crippen molar-refractivity contribution in [3.63, 3.8) is 0 Å². The molecule has 1 fully saturated rings. The van der Waals surface area contributed by atoms with Crippen molar-refractivity contribution in [3.05, 3.63) is 0 Å². The first-order chi connectivity index (χ1) is 7.51. The Morgan fingerprint density at radius 3 is 2.25 bits per heavy atom. The van der Waals surface area contributed by atoms with Crippen LogP contribution in [0.5, 0.6) is 0 Å². The van der Waals surface area contributed by atoms with E-state index in [0.717, 1.165) is 0 Å². The van der Waals surface area contributed by atoms with Crippen molar-refractivity contribution in [1.29, 1.82) is 0 Å². The molecule has 0 amide bonds. The van der Waals surface area contributed by atoms with Crippen LogP contribution in [0.15, 0.2) is 0 Å². The van der Waals surface area contributed by atoms with Gasteiger partial charge in [0.25, 0.3) is 0 Å². The van der Waals surface area contributed by atoms with E-state index in [4.69, 9.17) is 19.7 Å². The maximum atomic E-state index is 9.54. The Morgan fingerprint density at radius 1 is 1.12 bits per heavy atom. The van der Waals surface area contributed by atoms with Gasteiger partial charge in [0.05, 0.1) is 19.3 Å². The molecule has 1 saturated heterocycles. The highest BCUT2D eigenvalue weighted by Gasteiger charge is 2.44. The minimum atomic E-state index is -1.46. The van der Waals surface area contributed by atoms with E-state index in [-0.39, 0.29) is 6.61 Å². The Hall–Kier alpha value is -0.280. The molecule has 6 atom stereocenters. The average Bonchev–Trinajstić information content (AvgIpc) is 2.29. The molecule has 0 aromatic heterocycles. The summed E-state index contributed by atoms with van der Waals surface area (Å²) in [6.45, 7) is 0.786. The molecular formula is C9H18O7. The van der Waals surface area contributed by atoms with Gasteiger partial charge in [0, 0.05) is 0 Å². The smallest absolute Gasteiger partial charge is 0.187 e. The lowest BCUT2D eigenvalue weighted by Gasteiger charge is -2.40. The fourth-order valence-corrected chi connectivity index (χ4v) is 1.45. The van der Waals surface area contributed by atoms with Gasteiger partial charge in [-0.25, -0.2) is 0 Å². The summed E-state index contributed by atoms with van der Waals surface area (Å²) in [5.74, 6) is 0. The Kier molecular flexibility index (Phi) is 5.06. The maximum absolute atomic E-state index is 9.54. The van der Waals surface area contributed by atoms with Crippen molar-refractivity contribution >= 4 is 0 Å². The molecule has 1 heterocycles. The van der Waals surface area contributed by atoms with Crippen molar-refractivity contribution in [1.82, 2.24) is 0 Å². The number of ether oxygens (including phenoxy) is 2. The first-order valence-electron chi connectivity index (χ1n) is 5.08. The van der Waals surface area contributed by atoms with Crippen LogP contribution >= 0.6 is 0 Å². The van der Waals surface area contributed by atoms with Crippen LogP contribution in [0, 0.1) is 0 Å². The van der Waals surface area contributed by atoms with Gasteiger partial charge in [0.1, 0.15) is 24.4 Å². The van der Waals surface area contributed by atoms with Gasteiger partial charge in [0.15, 0.2) is 6.29 Å². The standard InChI is InChI=1S/C9H18O7/c1-4(2-10)15-9-8(14)7(13)6(12)5(3-11)16-9/h4-14H,2-3H2,1H3/t4-,5?,6+,7+,8?,9-/m1/s1. The molecular weight excluding hydrogens is 220 g/mol. The number of hydrogen-bond donors (Lipinski definition) is 5. The highest BCUT2D eigenvalue weighted by molar-refractivity contribution is 4.89. The van der Waals surface area contributed by atoms with E-state index in [1.165, 1.54) is 0 Å². The number of rotatable bonds is 4. The van der Waals surface area contributed by atoms with Gasteiger partial charge in [-0.05, 0) is 6.92 Å². The molecule has 0 saturated carbocycles. The Bertz CT molecular complexity index is 210. The molecule has 0 radical (unpaired) electrons. The van der Waals surface area contributed by atoms with E-state index in [9.17, 15) is 15.3 Å². The number of aliphatic hydroxyl groups is 5. The van der Waals surface area contributed by atoms with E-state index in [2.05, 4.69) is 0 Å². The van der Waals surface area contributed by atoms with Crippen molar-refractivity contribution in [2.45, 2.75) is 43.7 Å². The molecule has 96 valence electrons. The lowest BCUT2D eigenvalue weighted by atomic mass is 9.99. The van der Waals surface area contributed by atoms with Crippen LogP contribution in [0.4, 0.5) is 0 Å². The summed E-state index contributed by atoms with van der Waals surface area (Å²) in [6.07, 6.45) is -7.04. The maximum Gasteiger partial charge on any atom is 0.187 e. The summed E-state index contributed by atoms with van der Waals surface area (Å²) in [4.78, 5) is 0. The third-order valence-electron chi connectivity index (χ3n) is 2.47. The van der Waals surface area contributed by atoms with Crippen LogP contribution in [-0.4, -0.2) is 75.6 Å². The second kappa shape index (κ2) is 5.87. The monoisotopic (exact) mass is 238 g/mol. The summed E-state index contributed by atoms with van der Waals surface area (Å²) in [5, 5.41) is 46.1. The Morgan fingerprint density at radius 2 is 1.75 bits per heavy atom. The predicted molar refractivity (Wildman–Crippen MR) is 51.4 cm³/mol. The van der Waals surface area contributed by atoms with Crippen molar-refractivity contribution in [2.75, 3.05) is 13.2 Å². The second-order valence-electron chi connectivity index (χ2n) is 3.83. The molecule has 0 aliphatic carbocycles. The average molecular weight is 238 g/mol. The fraction of sp³-hybridized carbons (Fsp3) is 1.00. The first-order valence-corrected chi connectivity index (χ1v) is 5.08. The Balaban J connectivity index is 2.63. The van der Waals surface area contributed by atoms with Gasteiger partial charge < -0.3 is 35.0 Å². The number of aliphatic hydroxyl groups excluding tert-OH is 5. The molecule has 1 aliphatic heterocycles. The molecule has 7 nitrogen and oxygen atoms in total. The predicted octanol–water partition coefficient (Wildman–Crippen LogP) is -2.82. The van der Waals surface area contributed by atoms with Gasteiger partial charge >= 0.3 is 0 Å². The molecule has 0 spiro atoms. The van der Waals surface area contributed by atoms with Crippen molar-refractivity contribution < 1.29 is 35.0 Å². The van der Waals surface area contributed by atoms with Crippen molar-refractivity contribution in [2.24, 2.45) is 0 Å². The highest BCUT2D eigenvalue weighted by atomic mass is 16.7. The molecule has 16 heavy (non-hydrogen) atoms. The van der Waals surface area contributed by atoms with Gasteiger partial charge in [-0.15, -0.1) is 0 Å². The molecule has 0 bridgehead atoms. The van der Waals surface area contributed by atoms with E-state index >= 15 is 0 Å². The molecule has 0 aromatic carbocycles. The molecule has 1 aliphatic rings. The van der Waals surface area contributed by atoms with Crippen LogP contribution in [0.3, 0.4) is 0 Å². The zero-order valence-electron chi connectivity index (χ0n) is 8.93. The van der Waals surface area contributed by atoms with E-state index in [1.807, 2.05) is 0 Å². The zero-order valence-corrected chi connectivity index (χ0v) is 8.93. The lowest BCUT2D eigenvalue weighted by Crippen LogP contribution is -2.59.